The highest BCUT2D eigenvalue weighted by molar-refractivity contribution is 5.83. The molecule has 1 aliphatic heterocycles. The summed E-state index contributed by atoms with van der Waals surface area (Å²) >= 11 is 0. The van der Waals surface area contributed by atoms with Crippen molar-refractivity contribution < 1.29 is 4.74 Å². The molecule has 0 aliphatic carbocycles. The summed E-state index contributed by atoms with van der Waals surface area (Å²) < 4.78 is 5.92. The Bertz CT molecular complexity index is 1060. The molecule has 0 saturated carbocycles. The molecule has 33 heavy (non-hydrogen) atoms. The molecule has 2 aromatic carbocycles. The number of piperazine rings is 1. The summed E-state index contributed by atoms with van der Waals surface area (Å²) in [6.07, 6.45) is 2.78. The molecule has 2 heterocycles. The summed E-state index contributed by atoms with van der Waals surface area (Å²) in [6.45, 7) is 6.33. The molecule has 1 saturated heterocycles. The number of nitrogens with zero attached hydrogens (tertiary/aromatic N) is 4. The van der Waals surface area contributed by atoms with Gasteiger partial charge in [-0.05, 0) is 54.1 Å². The summed E-state index contributed by atoms with van der Waals surface area (Å²) in [4.78, 5) is 13.6. The van der Waals surface area contributed by atoms with Crippen molar-refractivity contribution >= 4 is 22.5 Å². The smallest absolute Gasteiger partial charge is 0.191 e. The van der Waals surface area contributed by atoms with Crippen molar-refractivity contribution in [1.29, 1.82) is 0 Å². The van der Waals surface area contributed by atoms with E-state index in [1.54, 1.807) is 7.05 Å². The number of aliphatic imine (C=N–C) groups is 1. The van der Waals surface area contributed by atoms with E-state index in [4.69, 9.17) is 4.74 Å². The SMILES string of the molecule is CN=C(NCCCOc1ccc2ccccc2c1)NCc1ccnc(N2CCN(C)CC2)c1. The highest BCUT2D eigenvalue weighted by atomic mass is 16.5. The molecule has 0 radical (unpaired) electrons. The molecule has 0 bridgehead atoms. The molecule has 4 rings (SSSR count). The Labute approximate surface area is 196 Å². The van der Waals surface area contributed by atoms with Crippen LogP contribution in [-0.2, 0) is 6.54 Å². The van der Waals surface area contributed by atoms with E-state index in [0.717, 1.165) is 56.7 Å². The van der Waals surface area contributed by atoms with Gasteiger partial charge in [0.05, 0.1) is 6.61 Å². The lowest BCUT2D eigenvalue weighted by molar-refractivity contribution is 0.311. The van der Waals surface area contributed by atoms with Gasteiger partial charge in [0.1, 0.15) is 11.6 Å². The van der Waals surface area contributed by atoms with Crippen LogP contribution in [0.3, 0.4) is 0 Å². The molecule has 0 amide bonds. The zero-order valence-electron chi connectivity index (χ0n) is 19.6. The molecule has 174 valence electrons. The van der Waals surface area contributed by atoms with E-state index < -0.39 is 0 Å². The third-order valence-corrected chi connectivity index (χ3v) is 5.92. The second-order valence-corrected chi connectivity index (χ2v) is 8.38. The fourth-order valence-corrected chi connectivity index (χ4v) is 3.91. The molecular formula is C26H34N6O. The molecule has 7 heteroatoms. The predicted molar refractivity (Wildman–Crippen MR) is 136 cm³/mol. The van der Waals surface area contributed by atoms with Gasteiger partial charge in [0.25, 0.3) is 0 Å². The molecule has 1 aliphatic rings. The third kappa shape index (κ3) is 6.58. The topological polar surface area (TPSA) is 65.0 Å². The normalized spacial score (nSPS) is 15.0. The number of nitrogens with one attached hydrogen (secondary N) is 2. The lowest BCUT2D eigenvalue weighted by atomic mass is 10.1. The molecule has 0 atom stereocenters. The van der Waals surface area contributed by atoms with Crippen LogP contribution in [-0.4, -0.2) is 69.3 Å². The van der Waals surface area contributed by atoms with Gasteiger partial charge < -0.3 is 25.2 Å². The van der Waals surface area contributed by atoms with Gasteiger partial charge in [-0.3, -0.25) is 4.99 Å². The highest BCUT2D eigenvalue weighted by Gasteiger charge is 2.15. The van der Waals surface area contributed by atoms with E-state index in [1.165, 1.54) is 16.3 Å². The first-order chi connectivity index (χ1) is 16.2. The third-order valence-electron chi connectivity index (χ3n) is 5.92. The van der Waals surface area contributed by atoms with Crippen LogP contribution >= 0.6 is 0 Å². The maximum Gasteiger partial charge on any atom is 0.191 e. The summed E-state index contributed by atoms with van der Waals surface area (Å²) in [5.41, 5.74) is 1.20. The van der Waals surface area contributed by atoms with Gasteiger partial charge >= 0.3 is 0 Å². The Hall–Kier alpha value is -3.32. The standard InChI is InChI=1S/C26H34N6O/c1-27-26(29-11-5-17-33-24-9-8-22-6-3-4-7-23(22)19-24)30-20-21-10-12-28-25(18-21)32-15-13-31(2)14-16-32/h3-4,6-10,12,18-19H,5,11,13-17,20H2,1-2H3,(H2,27,29,30). The Balaban J connectivity index is 1.18. The number of rotatable bonds is 8. The van der Waals surface area contributed by atoms with E-state index >= 15 is 0 Å². The molecular weight excluding hydrogens is 412 g/mol. The van der Waals surface area contributed by atoms with Crippen molar-refractivity contribution in [3.8, 4) is 5.75 Å². The van der Waals surface area contributed by atoms with Gasteiger partial charge in [0.15, 0.2) is 5.96 Å². The minimum Gasteiger partial charge on any atom is -0.494 e. The van der Waals surface area contributed by atoms with Crippen molar-refractivity contribution in [2.45, 2.75) is 13.0 Å². The van der Waals surface area contributed by atoms with Crippen LogP contribution in [0.5, 0.6) is 5.75 Å². The molecule has 1 fully saturated rings. The molecule has 1 aromatic heterocycles. The van der Waals surface area contributed by atoms with Crippen LogP contribution in [0.1, 0.15) is 12.0 Å². The van der Waals surface area contributed by atoms with Crippen LogP contribution in [0.4, 0.5) is 5.82 Å². The first kappa shape index (κ1) is 22.9. The zero-order chi connectivity index (χ0) is 22.9. The van der Waals surface area contributed by atoms with Crippen molar-refractivity contribution in [3.05, 3.63) is 66.4 Å². The number of aromatic nitrogens is 1. The number of hydrogen-bond acceptors (Lipinski definition) is 5. The quantitative estimate of drug-likeness (QED) is 0.315. The number of guanidine groups is 1. The number of hydrogen-bond donors (Lipinski definition) is 2. The monoisotopic (exact) mass is 446 g/mol. The van der Waals surface area contributed by atoms with Crippen LogP contribution in [0.2, 0.25) is 0 Å². The number of anilines is 1. The van der Waals surface area contributed by atoms with Gasteiger partial charge in [0, 0.05) is 52.5 Å². The summed E-state index contributed by atoms with van der Waals surface area (Å²) in [5.74, 6) is 2.75. The molecule has 0 spiro atoms. The van der Waals surface area contributed by atoms with Crippen LogP contribution in [0.25, 0.3) is 10.8 Å². The van der Waals surface area contributed by atoms with Crippen LogP contribution < -0.4 is 20.3 Å². The van der Waals surface area contributed by atoms with E-state index in [1.807, 2.05) is 18.3 Å². The second-order valence-electron chi connectivity index (χ2n) is 8.38. The Kier molecular flexibility index (Phi) is 7.98. The molecule has 7 nitrogen and oxygen atoms in total. The lowest BCUT2D eigenvalue weighted by Crippen LogP contribution is -2.44. The van der Waals surface area contributed by atoms with E-state index in [9.17, 15) is 0 Å². The maximum absolute atomic E-state index is 5.92. The van der Waals surface area contributed by atoms with Crippen molar-refractivity contribution in [2.24, 2.45) is 4.99 Å². The first-order valence-corrected chi connectivity index (χ1v) is 11.7. The lowest BCUT2D eigenvalue weighted by Gasteiger charge is -2.33. The van der Waals surface area contributed by atoms with Crippen molar-refractivity contribution in [3.63, 3.8) is 0 Å². The summed E-state index contributed by atoms with van der Waals surface area (Å²) in [7, 11) is 3.96. The number of likely N-dealkylation sites (N-methyl/N-ethyl adjacent to an activating group) is 1. The van der Waals surface area contributed by atoms with Gasteiger partial charge in [-0.15, -0.1) is 0 Å². The van der Waals surface area contributed by atoms with Gasteiger partial charge in [-0.25, -0.2) is 4.98 Å². The largest absolute Gasteiger partial charge is 0.494 e. The number of ether oxygens (including phenoxy) is 1. The number of fused-ring (bicyclic) bond motifs is 1. The van der Waals surface area contributed by atoms with E-state index in [2.05, 4.69) is 79.9 Å². The Morgan fingerprint density at radius 2 is 1.82 bits per heavy atom. The zero-order valence-corrected chi connectivity index (χ0v) is 19.6. The molecule has 2 N–H and O–H groups in total. The first-order valence-electron chi connectivity index (χ1n) is 11.7. The molecule has 3 aromatic rings. The molecule has 0 unspecified atom stereocenters. The number of benzene rings is 2. The summed E-state index contributed by atoms with van der Waals surface area (Å²) in [6, 6.07) is 18.8. The van der Waals surface area contributed by atoms with Crippen molar-refractivity contribution in [2.75, 3.05) is 58.3 Å². The second kappa shape index (κ2) is 11.5. The fraction of sp³-hybridized carbons (Fsp3) is 0.385. The van der Waals surface area contributed by atoms with Crippen molar-refractivity contribution in [1.82, 2.24) is 20.5 Å². The van der Waals surface area contributed by atoms with E-state index in [-0.39, 0.29) is 0 Å². The Morgan fingerprint density at radius 3 is 2.64 bits per heavy atom. The maximum atomic E-state index is 5.92. The highest BCUT2D eigenvalue weighted by Crippen LogP contribution is 2.20. The minimum absolute atomic E-state index is 0.654. The minimum atomic E-state index is 0.654. The van der Waals surface area contributed by atoms with Crippen LogP contribution in [0.15, 0.2) is 65.8 Å². The van der Waals surface area contributed by atoms with Gasteiger partial charge in [0.2, 0.25) is 0 Å². The average Bonchev–Trinajstić information content (AvgIpc) is 2.86. The average molecular weight is 447 g/mol. The Morgan fingerprint density at radius 1 is 1.00 bits per heavy atom. The predicted octanol–water partition coefficient (Wildman–Crippen LogP) is 3.12. The van der Waals surface area contributed by atoms with E-state index in [0.29, 0.717) is 13.2 Å². The number of pyridine rings is 1. The summed E-state index contributed by atoms with van der Waals surface area (Å²) in [5, 5.41) is 9.19. The van der Waals surface area contributed by atoms with Crippen LogP contribution in [0, 0.1) is 0 Å². The fourth-order valence-electron chi connectivity index (χ4n) is 3.91. The van der Waals surface area contributed by atoms with Gasteiger partial charge in [-0.1, -0.05) is 30.3 Å². The van der Waals surface area contributed by atoms with Gasteiger partial charge in [-0.2, -0.15) is 0 Å².